The van der Waals surface area contributed by atoms with E-state index in [1.54, 1.807) is 0 Å². The zero-order chi connectivity index (χ0) is 13.4. The Morgan fingerprint density at radius 3 is 2.68 bits per heavy atom. The molecular weight excluding hydrogens is 278 g/mol. The lowest BCUT2D eigenvalue weighted by Crippen LogP contribution is -1.97. The second kappa shape index (κ2) is 4.72. The number of benzene rings is 1. The van der Waals surface area contributed by atoms with Gasteiger partial charge in [0.25, 0.3) is 0 Å². The quantitative estimate of drug-likeness (QED) is 0.770. The number of aryl methyl sites for hydroxylation is 1. The van der Waals surface area contributed by atoms with Gasteiger partial charge in [-0.25, -0.2) is 4.68 Å². The topological polar surface area (TPSA) is 43.8 Å². The highest BCUT2D eigenvalue weighted by Gasteiger charge is 2.12. The van der Waals surface area contributed by atoms with E-state index in [1.807, 2.05) is 41.2 Å². The Balaban J connectivity index is 2.10. The van der Waals surface area contributed by atoms with Gasteiger partial charge in [0.05, 0.1) is 26.8 Å². The van der Waals surface area contributed by atoms with E-state index in [2.05, 4.69) is 18.1 Å². The van der Waals surface area contributed by atoms with Crippen LogP contribution < -0.4 is 5.73 Å². The molecule has 0 saturated heterocycles. The zero-order valence-corrected chi connectivity index (χ0v) is 11.9. The molecule has 19 heavy (non-hydrogen) atoms. The maximum atomic E-state index is 6.05. The van der Waals surface area contributed by atoms with E-state index >= 15 is 0 Å². The van der Waals surface area contributed by atoms with E-state index in [-0.39, 0.29) is 0 Å². The number of aromatic nitrogens is 2. The first-order chi connectivity index (χ1) is 9.15. The van der Waals surface area contributed by atoms with Crippen LogP contribution in [0.5, 0.6) is 0 Å². The third-order valence-corrected chi connectivity index (χ3v) is 4.15. The van der Waals surface area contributed by atoms with Crippen LogP contribution in [-0.4, -0.2) is 9.78 Å². The summed E-state index contributed by atoms with van der Waals surface area (Å²) in [5, 5.41) is 4.57. The fourth-order valence-electron chi connectivity index (χ4n) is 1.96. The predicted octanol–water partition coefficient (Wildman–Crippen LogP) is 4.14. The first kappa shape index (κ1) is 12.3. The summed E-state index contributed by atoms with van der Waals surface area (Å²) in [6, 6.07) is 11.9. The molecule has 0 radical (unpaired) electrons. The average molecular weight is 290 g/mol. The van der Waals surface area contributed by atoms with Crippen molar-refractivity contribution < 1.29 is 0 Å². The number of nitrogens with zero attached hydrogens (tertiary/aromatic N) is 2. The molecule has 0 amide bonds. The average Bonchev–Trinajstić information content (AvgIpc) is 2.96. The van der Waals surface area contributed by atoms with Crippen LogP contribution >= 0.6 is 22.9 Å². The first-order valence-corrected chi connectivity index (χ1v) is 7.01. The molecule has 0 spiro atoms. The molecule has 2 aromatic heterocycles. The number of hydrogen-bond donors (Lipinski definition) is 1. The molecular formula is C14H12ClN3S. The molecule has 5 heteroatoms. The van der Waals surface area contributed by atoms with Crippen molar-refractivity contribution in [2.24, 2.45) is 0 Å². The van der Waals surface area contributed by atoms with Crippen LogP contribution in [0.3, 0.4) is 0 Å². The second-order valence-electron chi connectivity index (χ2n) is 4.27. The lowest BCUT2D eigenvalue weighted by molar-refractivity contribution is 0.877. The van der Waals surface area contributed by atoms with Crippen molar-refractivity contribution in [2.45, 2.75) is 6.92 Å². The minimum absolute atomic E-state index is 0.654. The van der Waals surface area contributed by atoms with Gasteiger partial charge in [-0.15, -0.1) is 11.3 Å². The lowest BCUT2D eigenvalue weighted by Gasteiger charge is -2.04. The van der Waals surface area contributed by atoms with Crippen molar-refractivity contribution in [3.8, 4) is 16.3 Å². The predicted molar refractivity (Wildman–Crippen MR) is 81.0 cm³/mol. The van der Waals surface area contributed by atoms with E-state index in [1.165, 1.54) is 11.3 Å². The van der Waals surface area contributed by atoms with E-state index < -0.39 is 0 Å². The SMILES string of the molecule is Cc1ccccc1-n1cc(N)c(-c2ccc(Cl)s2)n1. The maximum Gasteiger partial charge on any atom is 0.126 e. The fraction of sp³-hybridized carbons (Fsp3) is 0.0714. The normalized spacial score (nSPS) is 10.8. The van der Waals surface area contributed by atoms with Crippen LogP contribution in [0.4, 0.5) is 5.69 Å². The van der Waals surface area contributed by atoms with Crippen LogP contribution in [0.25, 0.3) is 16.3 Å². The Morgan fingerprint density at radius 2 is 2.00 bits per heavy atom. The van der Waals surface area contributed by atoms with Crippen LogP contribution in [0.15, 0.2) is 42.6 Å². The van der Waals surface area contributed by atoms with Crippen molar-refractivity contribution in [1.82, 2.24) is 9.78 Å². The summed E-state index contributed by atoms with van der Waals surface area (Å²) in [4.78, 5) is 0.981. The van der Waals surface area contributed by atoms with Gasteiger partial charge in [-0.3, -0.25) is 0 Å². The summed E-state index contributed by atoms with van der Waals surface area (Å²) in [6.45, 7) is 2.05. The number of thiophene rings is 1. The lowest BCUT2D eigenvalue weighted by atomic mass is 10.2. The van der Waals surface area contributed by atoms with E-state index in [9.17, 15) is 0 Å². The van der Waals surface area contributed by atoms with Gasteiger partial charge in [0, 0.05) is 0 Å². The number of anilines is 1. The molecule has 2 N–H and O–H groups in total. The summed E-state index contributed by atoms with van der Waals surface area (Å²) in [7, 11) is 0. The van der Waals surface area contributed by atoms with E-state index in [0.717, 1.165) is 26.2 Å². The smallest absolute Gasteiger partial charge is 0.126 e. The van der Waals surface area contributed by atoms with Gasteiger partial charge < -0.3 is 5.73 Å². The molecule has 0 unspecified atom stereocenters. The number of nitrogen functional groups attached to an aromatic ring is 1. The van der Waals surface area contributed by atoms with Crippen LogP contribution in [0, 0.1) is 6.92 Å². The summed E-state index contributed by atoms with van der Waals surface area (Å²) >= 11 is 7.43. The number of halogens is 1. The number of rotatable bonds is 2. The number of para-hydroxylation sites is 1. The molecule has 0 fully saturated rings. The summed E-state index contributed by atoms with van der Waals surface area (Å²) in [5.41, 5.74) is 9.67. The number of nitrogens with two attached hydrogens (primary N) is 1. The molecule has 0 atom stereocenters. The summed E-state index contributed by atoms with van der Waals surface area (Å²) < 4.78 is 2.55. The minimum atomic E-state index is 0.654. The Bertz CT molecular complexity index is 730. The Hall–Kier alpha value is -1.78. The fourth-order valence-corrected chi connectivity index (χ4v) is 3.01. The third-order valence-electron chi connectivity index (χ3n) is 2.91. The van der Waals surface area contributed by atoms with Gasteiger partial charge in [-0.1, -0.05) is 29.8 Å². The largest absolute Gasteiger partial charge is 0.396 e. The zero-order valence-electron chi connectivity index (χ0n) is 10.3. The molecule has 0 bridgehead atoms. The van der Waals surface area contributed by atoms with Crippen LogP contribution in [0.1, 0.15) is 5.56 Å². The van der Waals surface area contributed by atoms with Gasteiger partial charge in [-0.2, -0.15) is 5.10 Å². The minimum Gasteiger partial charge on any atom is -0.396 e. The van der Waals surface area contributed by atoms with Crippen molar-refractivity contribution >= 4 is 28.6 Å². The Labute approximate surface area is 120 Å². The van der Waals surface area contributed by atoms with Crippen molar-refractivity contribution in [3.05, 3.63) is 52.5 Å². The molecule has 0 aliphatic heterocycles. The monoisotopic (exact) mass is 289 g/mol. The molecule has 0 aliphatic carbocycles. The highest BCUT2D eigenvalue weighted by molar-refractivity contribution is 7.19. The second-order valence-corrected chi connectivity index (χ2v) is 5.98. The highest BCUT2D eigenvalue weighted by Crippen LogP contribution is 2.33. The first-order valence-electron chi connectivity index (χ1n) is 5.82. The maximum absolute atomic E-state index is 6.05. The Morgan fingerprint density at radius 1 is 1.21 bits per heavy atom. The van der Waals surface area contributed by atoms with Gasteiger partial charge in [-0.05, 0) is 30.7 Å². The summed E-state index contributed by atoms with van der Waals surface area (Å²) in [5.74, 6) is 0. The molecule has 96 valence electrons. The molecule has 2 heterocycles. The summed E-state index contributed by atoms with van der Waals surface area (Å²) in [6.07, 6.45) is 1.84. The third kappa shape index (κ3) is 2.25. The molecule has 3 rings (SSSR count). The van der Waals surface area contributed by atoms with Gasteiger partial charge in [0.2, 0.25) is 0 Å². The van der Waals surface area contributed by atoms with Crippen molar-refractivity contribution in [1.29, 1.82) is 0 Å². The molecule has 1 aromatic carbocycles. The van der Waals surface area contributed by atoms with Gasteiger partial charge >= 0.3 is 0 Å². The van der Waals surface area contributed by atoms with Crippen LogP contribution in [0.2, 0.25) is 4.34 Å². The van der Waals surface area contributed by atoms with E-state index in [4.69, 9.17) is 17.3 Å². The van der Waals surface area contributed by atoms with Crippen LogP contribution in [-0.2, 0) is 0 Å². The Kier molecular flexibility index (Phi) is 3.05. The molecule has 0 saturated carbocycles. The molecule has 3 nitrogen and oxygen atoms in total. The number of hydrogen-bond acceptors (Lipinski definition) is 3. The van der Waals surface area contributed by atoms with Gasteiger partial charge in [0.1, 0.15) is 5.69 Å². The van der Waals surface area contributed by atoms with Crippen molar-refractivity contribution in [2.75, 3.05) is 5.73 Å². The van der Waals surface area contributed by atoms with E-state index in [0.29, 0.717) is 5.69 Å². The van der Waals surface area contributed by atoms with Crippen molar-refractivity contribution in [3.63, 3.8) is 0 Å². The molecule has 3 aromatic rings. The standard InChI is InChI=1S/C14H12ClN3S/c1-9-4-2-3-5-11(9)18-8-10(16)14(17-18)12-6-7-13(15)19-12/h2-8H,16H2,1H3. The molecule has 0 aliphatic rings. The van der Waals surface area contributed by atoms with Gasteiger partial charge in [0.15, 0.2) is 0 Å². The highest BCUT2D eigenvalue weighted by atomic mass is 35.5.